The van der Waals surface area contributed by atoms with E-state index in [1.807, 2.05) is 49.4 Å². The summed E-state index contributed by atoms with van der Waals surface area (Å²) in [5.74, 6) is 1.68. The van der Waals surface area contributed by atoms with Crippen LogP contribution in [0.2, 0.25) is 0 Å². The van der Waals surface area contributed by atoms with Crippen LogP contribution < -0.4 is 20.1 Å². The van der Waals surface area contributed by atoms with Gasteiger partial charge in [0.1, 0.15) is 5.75 Å². The fourth-order valence-corrected chi connectivity index (χ4v) is 3.27. The molecule has 1 aliphatic heterocycles. The summed E-state index contributed by atoms with van der Waals surface area (Å²) in [6.07, 6.45) is 2.13. The van der Waals surface area contributed by atoms with Gasteiger partial charge in [-0.15, -0.1) is 12.4 Å². The number of benzene rings is 2. The Morgan fingerprint density at radius 2 is 1.64 bits per heavy atom. The number of halogens is 1. The number of carbonyl (C=O) groups excluding carboxylic acids is 1. The molecule has 1 fully saturated rings. The fourth-order valence-electron chi connectivity index (χ4n) is 3.27. The summed E-state index contributed by atoms with van der Waals surface area (Å²) in [6.45, 7) is 7.38. The van der Waals surface area contributed by atoms with Crippen LogP contribution in [0.25, 0.3) is 0 Å². The van der Waals surface area contributed by atoms with Crippen molar-refractivity contribution in [3.8, 4) is 17.2 Å². The maximum atomic E-state index is 12.8. The second-order valence-electron chi connectivity index (χ2n) is 7.22. The summed E-state index contributed by atoms with van der Waals surface area (Å²) >= 11 is 0. The van der Waals surface area contributed by atoms with Crippen molar-refractivity contribution in [1.82, 2.24) is 10.6 Å². The summed E-state index contributed by atoms with van der Waals surface area (Å²) in [4.78, 5) is 12.8. The van der Waals surface area contributed by atoms with Crippen LogP contribution in [0, 0.1) is 5.41 Å². The van der Waals surface area contributed by atoms with Gasteiger partial charge in [-0.1, -0.05) is 31.2 Å². The predicted molar refractivity (Wildman–Crippen MR) is 114 cm³/mol. The van der Waals surface area contributed by atoms with Crippen LogP contribution in [0.15, 0.2) is 48.5 Å². The Morgan fingerprint density at radius 1 is 1.04 bits per heavy atom. The molecule has 0 saturated carbocycles. The number of ether oxygens (including phenoxy) is 2. The van der Waals surface area contributed by atoms with E-state index in [9.17, 15) is 4.79 Å². The molecule has 1 amide bonds. The highest BCUT2D eigenvalue weighted by atomic mass is 35.5. The van der Waals surface area contributed by atoms with Gasteiger partial charge in [0.15, 0.2) is 11.5 Å². The number of rotatable bonds is 7. The third kappa shape index (κ3) is 5.63. The summed E-state index contributed by atoms with van der Waals surface area (Å²) < 4.78 is 11.7. The van der Waals surface area contributed by atoms with Crippen LogP contribution in [-0.2, 0) is 0 Å². The van der Waals surface area contributed by atoms with Gasteiger partial charge in [-0.3, -0.25) is 4.79 Å². The van der Waals surface area contributed by atoms with E-state index < -0.39 is 0 Å². The van der Waals surface area contributed by atoms with Crippen molar-refractivity contribution in [2.45, 2.75) is 26.7 Å². The molecule has 0 radical (unpaired) electrons. The van der Waals surface area contributed by atoms with Crippen LogP contribution in [0.5, 0.6) is 17.2 Å². The van der Waals surface area contributed by atoms with Gasteiger partial charge in [0.05, 0.1) is 12.2 Å². The molecule has 6 heteroatoms. The minimum atomic E-state index is -0.112. The lowest BCUT2D eigenvalue weighted by Crippen LogP contribution is -2.42. The number of carbonyl (C=O) groups is 1. The number of nitrogens with one attached hydrogen (secondary N) is 2. The maximum Gasteiger partial charge on any atom is 0.255 e. The molecule has 0 unspecified atom stereocenters. The molecule has 2 aromatic carbocycles. The highest BCUT2D eigenvalue weighted by Gasteiger charge is 2.27. The second kappa shape index (κ2) is 10.3. The van der Waals surface area contributed by atoms with Gasteiger partial charge in [-0.05, 0) is 62.5 Å². The van der Waals surface area contributed by atoms with E-state index in [0.29, 0.717) is 36.0 Å². The molecule has 152 valence electrons. The molecular weight excluding hydrogens is 376 g/mol. The number of amides is 1. The summed E-state index contributed by atoms with van der Waals surface area (Å²) in [7, 11) is 0. The molecule has 2 N–H and O–H groups in total. The Labute approximate surface area is 173 Å². The Balaban J connectivity index is 0.00000280. The molecule has 0 atom stereocenters. The molecular formula is C22H29ClN2O3. The Bertz CT molecular complexity index is 776. The zero-order chi connectivity index (χ0) is 19.1. The minimum absolute atomic E-state index is 0. The van der Waals surface area contributed by atoms with Gasteiger partial charge < -0.3 is 20.1 Å². The van der Waals surface area contributed by atoms with Gasteiger partial charge in [0.2, 0.25) is 0 Å². The van der Waals surface area contributed by atoms with Gasteiger partial charge >= 0.3 is 0 Å². The first-order chi connectivity index (χ1) is 13.1. The van der Waals surface area contributed by atoms with Crippen molar-refractivity contribution in [3.63, 3.8) is 0 Å². The lowest BCUT2D eigenvalue weighted by Gasteiger charge is -2.34. The normalized spacial score (nSPS) is 15.2. The average molecular weight is 405 g/mol. The van der Waals surface area contributed by atoms with E-state index in [0.717, 1.165) is 25.9 Å². The van der Waals surface area contributed by atoms with Crippen molar-refractivity contribution in [2.24, 2.45) is 5.41 Å². The molecule has 0 spiro atoms. The zero-order valence-electron chi connectivity index (χ0n) is 16.5. The topological polar surface area (TPSA) is 59.6 Å². The lowest BCUT2D eigenvalue weighted by atomic mass is 9.81. The van der Waals surface area contributed by atoms with Crippen LogP contribution in [0.4, 0.5) is 0 Å². The number of piperidine rings is 1. The van der Waals surface area contributed by atoms with Crippen molar-refractivity contribution in [2.75, 3.05) is 26.2 Å². The van der Waals surface area contributed by atoms with Gasteiger partial charge in [0, 0.05) is 6.54 Å². The van der Waals surface area contributed by atoms with Crippen molar-refractivity contribution in [1.29, 1.82) is 0 Å². The number of para-hydroxylation sites is 3. The second-order valence-corrected chi connectivity index (χ2v) is 7.22. The van der Waals surface area contributed by atoms with Gasteiger partial charge in [-0.2, -0.15) is 0 Å². The highest BCUT2D eigenvalue weighted by molar-refractivity contribution is 5.97. The first-order valence-electron chi connectivity index (χ1n) is 9.59. The van der Waals surface area contributed by atoms with Crippen molar-refractivity contribution < 1.29 is 14.3 Å². The standard InChI is InChI=1S/C22H28N2O3.ClH/c1-3-26-19-10-6-7-11-20(19)27-18-9-5-4-8-17(18)21(25)24-16-22(2)12-14-23-15-13-22;/h4-11,23H,3,12-16H2,1-2H3,(H,24,25);1H. The van der Waals surface area contributed by atoms with E-state index >= 15 is 0 Å². The molecule has 5 nitrogen and oxygen atoms in total. The number of hydrogen-bond donors (Lipinski definition) is 2. The van der Waals surface area contributed by atoms with E-state index in [-0.39, 0.29) is 23.7 Å². The van der Waals surface area contributed by atoms with E-state index in [2.05, 4.69) is 17.6 Å². The largest absolute Gasteiger partial charge is 0.490 e. The van der Waals surface area contributed by atoms with Crippen molar-refractivity contribution in [3.05, 3.63) is 54.1 Å². The van der Waals surface area contributed by atoms with Crippen LogP contribution in [0.3, 0.4) is 0 Å². The summed E-state index contributed by atoms with van der Waals surface area (Å²) in [6, 6.07) is 14.8. The first-order valence-corrected chi connectivity index (χ1v) is 9.59. The Kier molecular flexibility index (Phi) is 8.15. The number of hydrogen-bond acceptors (Lipinski definition) is 4. The molecule has 28 heavy (non-hydrogen) atoms. The lowest BCUT2D eigenvalue weighted by molar-refractivity contribution is 0.0920. The van der Waals surface area contributed by atoms with E-state index in [1.165, 1.54) is 0 Å². The molecule has 0 aromatic heterocycles. The minimum Gasteiger partial charge on any atom is -0.490 e. The maximum absolute atomic E-state index is 12.8. The van der Waals surface area contributed by atoms with Crippen LogP contribution in [-0.4, -0.2) is 32.1 Å². The molecule has 1 saturated heterocycles. The Hall–Kier alpha value is -2.24. The molecule has 2 aromatic rings. The highest BCUT2D eigenvalue weighted by Crippen LogP contribution is 2.33. The SMILES string of the molecule is CCOc1ccccc1Oc1ccccc1C(=O)NCC1(C)CCNCC1.Cl. The summed E-state index contributed by atoms with van der Waals surface area (Å²) in [5.41, 5.74) is 0.666. The average Bonchev–Trinajstić information content (AvgIpc) is 2.69. The quantitative estimate of drug-likeness (QED) is 0.717. The van der Waals surface area contributed by atoms with E-state index in [4.69, 9.17) is 9.47 Å². The fraction of sp³-hybridized carbons (Fsp3) is 0.409. The monoisotopic (exact) mass is 404 g/mol. The Morgan fingerprint density at radius 3 is 2.32 bits per heavy atom. The predicted octanol–water partition coefficient (Wildman–Crippen LogP) is 4.42. The van der Waals surface area contributed by atoms with E-state index in [1.54, 1.807) is 6.07 Å². The third-order valence-corrected chi connectivity index (χ3v) is 4.99. The molecule has 0 bridgehead atoms. The summed E-state index contributed by atoms with van der Waals surface area (Å²) in [5, 5.41) is 6.46. The zero-order valence-corrected chi connectivity index (χ0v) is 17.3. The van der Waals surface area contributed by atoms with Crippen LogP contribution in [0.1, 0.15) is 37.0 Å². The first kappa shape index (κ1) is 22.1. The molecule has 1 heterocycles. The molecule has 1 aliphatic rings. The molecule has 0 aliphatic carbocycles. The van der Waals surface area contributed by atoms with Crippen molar-refractivity contribution >= 4 is 18.3 Å². The van der Waals surface area contributed by atoms with Gasteiger partial charge in [-0.25, -0.2) is 0 Å². The smallest absolute Gasteiger partial charge is 0.255 e. The molecule has 3 rings (SSSR count). The van der Waals surface area contributed by atoms with Crippen LogP contribution >= 0.6 is 12.4 Å². The van der Waals surface area contributed by atoms with Gasteiger partial charge in [0.25, 0.3) is 5.91 Å². The third-order valence-electron chi connectivity index (χ3n) is 4.99.